The Morgan fingerprint density at radius 2 is 1.76 bits per heavy atom. The Morgan fingerprint density at radius 3 is 2.24 bits per heavy atom. The molecule has 1 aromatic heterocycles. The Bertz CT molecular complexity index is 974. The number of likely N-dealkylation sites (tertiary alicyclic amines) is 1. The number of carbonyl (C=O) groups excluding carboxylic acids is 1. The van der Waals surface area contributed by atoms with Crippen molar-refractivity contribution in [3.05, 3.63) is 46.8 Å². The minimum atomic E-state index is -5.08. The van der Waals surface area contributed by atoms with Gasteiger partial charge in [-0.1, -0.05) is 22.9 Å². The summed E-state index contributed by atoms with van der Waals surface area (Å²) in [6.45, 7) is 10.3. The molecular weight excluding hydrogens is 439 g/mol. The number of piperidine rings is 1. The predicted octanol–water partition coefficient (Wildman–Crippen LogP) is 3.27. The van der Waals surface area contributed by atoms with Crippen LogP contribution < -0.4 is 5.73 Å². The number of alkyl halides is 3. The number of carboxylic acid groups (broad SMARTS) is 1. The summed E-state index contributed by atoms with van der Waals surface area (Å²) in [7, 11) is 0. The van der Waals surface area contributed by atoms with Gasteiger partial charge in [-0.3, -0.25) is 9.48 Å². The summed E-state index contributed by atoms with van der Waals surface area (Å²) in [5, 5.41) is 15.5. The highest BCUT2D eigenvalue weighted by Crippen LogP contribution is 2.23. The molecule has 0 saturated carbocycles. The van der Waals surface area contributed by atoms with E-state index in [9.17, 15) is 18.0 Å². The number of nitrogens with zero attached hydrogens (tertiary/aromatic N) is 4. The van der Waals surface area contributed by atoms with Gasteiger partial charge in [-0.2, -0.15) is 13.2 Å². The molecule has 182 valence electrons. The summed E-state index contributed by atoms with van der Waals surface area (Å²) in [5.74, 6) is -2.10. The normalized spacial score (nSPS) is 15.1. The number of carbonyl (C=O) groups is 2. The summed E-state index contributed by atoms with van der Waals surface area (Å²) >= 11 is 0. The van der Waals surface area contributed by atoms with Gasteiger partial charge < -0.3 is 15.7 Å². The molecule has 1 aromatic carbocycles. The molecule has 0 spiro atoms. The third-order valence-corrected chi connectivity index (χ3v) is 5.41. The zero-order valence-electron chi connectivity index (χ0n) is 19.2. The van der Waals surface area contributed by atoms with Crippen molar-refractivity contribution in [2.75, 3.05) is 13.1 Å². The lowest BCUT2D eigenvalue weighted by molar-refractivity contribution is -0.192. The fourth-order valence-electron chi connectivity index (χ4n) is 3.40. The monoisotopic (exact) mass is 469 g/mol. The van der Waals surface area contributed by atoms with Crippen molar-refractivity contribution in [3.63, 3.8) is 0 Å². The van der Waals surface area contributed by atoms with Gasteiger partial charge >= 0.3 is 12.1 Å². The topological polar surface area (TPSA) is 114 Å². The van der Waals surface area contributed by atoms with Crippen molar-refractivity contribution in [3.8, 4) is 0 Å². The second-order valence-corrected chi connectivity index (χ2v) is 8.90. The van der Waals surface area contributed by atoms with Crippen LogP contribution >= 0.6 is 0 Å². The number of halogens is 3. The van der Waals surface area contributed by atoms with Crippen LogP contribution in [0.2, 0.25) is 0 Å². The minimum Gasteiger partial charge on any atom is -0.475 e. The van der Waals surface area contributed by atoms with Gasteiger partial charge in [-0.05, 0) is 58.1 Å². The predicted molar refractivity (Wildman–Crippen MR) is 115 cm³/mol. The second-order valence-electron chi connectivity index (χ2n) is 8.90. The summed E-state index contributed by atoms with van der Waals surface area (Å²) in [5.41, 5.74) is 9.40. The number of aliphatic carboxylic acids is 1. The maximum atomic E-state index is 12.8. The van der Waals surface area contributed by atoms with Crippen LogP contribution in [0.5, 0.6) is 0 Å². The number of aryl methyl sites for hydroxylation is 2. The highest BCUT2D eigenvalue weighted by atomic mass is 19.4. The fraction of sp³-hybridized carbons (Fsp3) is 0.545. The summed E-state index contributed by atoms with van der Waals surface area (Å²) in [4.78, 5) is 23.7. The summed E-state index contributed by atoms with van der Waals surface area (Å²) < 4.78 is 33.6. The Hall–Kier alpha value is -2.95. The average molecular weight is 470 g/mol. The fourth-order valence-corrected chi connectivity index (χ4v) is 3.40. The molecule has 2 heterocycles. The molecule has 1 saturated heterocycles. The quantitative estimate of drug-likeness (QED) is 0.710. The Balaban J connectivity index is 0.000000479. The molecule has 11 heteroatoms. The van der Waals surface area contributed by atoms with Crippen LogP contribution in [0, 0.1) is 19.8 Å². The molecule has 1 aliphatic heterocycles. The first-order chi connectivity index (χ1) is 15.2. The molecule has 0 atom stereocenters. The largest absolute Gasteiger partial charge is 0.490 e. The third-order valence-electron chi connectivity index (χ3n) is 5.41. The number of amides is 1. The highest BCUT2D eigenvalue weighted by molar-refractivity contribution is 5.95. The zero-order chi connectivity index (χ0) is 25.0. The van der Waals surface area contributed by atoms with Crippen molar-refractivity contribution < 1.29 is 27.9 Å². The lowest BCUT2D eigenvalue weighted by Crippen LogP contribution is -2.39. The van der Waals surface area contributed by atoms with Gasteiger partial charge in [0.2, 0.25) is 0 Å². The number of hydrogen-bond donors (Lipinski definition) is 2. The molecule has 3 rings (SSSR count). The van der Waals surface area contributed by atoms with Gasteiger partial charge in [0.1, 0.15) is 5.69 Å². The van der Waals surface area contributed by atoms with Crippen molar-refractivity contribution >= 4 is 11.9 Å². The first kappa shape index (κ1) is 26.3. The van der Waals surface area contributed by atoms with Gasteiger partial charge in [0.05, 0.1) is 11.7 Å². The van der Waals surface area contributed by atoms with Gasteiger partial charge in [0, 0.05) is 25.2 Å². The molecule has 3 N–H and O–H groups in total. The summed E-state index contributed by atoms with van der Waals surface area (Å²) in [6.07, 6.45) is -1.18. The SMILES string of the molecule is Cc1ccc(C)c(C(=O)N2CCC(Cn3cc(C(C)(C)N)nn3)CC2)c1.O=C(O)C(F)(F)F. The van der Waals surface area contributed by atoms with E-state index in [0.717, 1.165) is 54.9 Å². The molecule has 33 heavy (non-hydrogen) atoms. The first-order valence-electron chi connectivity index (χ1n) is 10.5. The molecule has 8 nitrogen and oxygen atoms in total. The van der Waals surface area contributed by atoms with Crippen molar-refractivity contribution in [2.45, 2.75) is 58.8 Å². The second kappa shape index (κ2) is 10.3. The maximum Gasteiger partial charge on any atom is 0.490 e. The summed E-state index contributed by atoms with van der Waals surface area (Å²) in [6, 6.07) is 6.07. The Morgan fingerprint density at radius 1 is 1.18 bits per heavy atom. The van der Waals surface area contributed by atoms with Crippen LogP contribution in [0.25, 0.3) is 0 Å². The van der Waals surface area contributed by atoms with Crippen LogP contribution in [-0.4, -0.2) is 56.1 Å². The number of carboxylic acids is 1. The van der Waals surface area contributed by atoms with E-state index < -0.39 is 17.7 Å². The van der Waals surface area contributed by atoms with Crippen LogP contribution in [0.1, 0.15) is 53.9 Å². The van der Waals surface area contributed by atoms with E-state index in [2.05, 4.69) is 10.3 Å². The Labute approximate surface area is 190 Å². The lowest BCUT2D eigenvalue weighted by Gasteiger charge is -2.32. The van der Waals surface area contributed by atoms with Crippen molar-refractivity contribution in [1.29, 1.82) is 0 Å². The highest BCUT2D eigenvalue weighted by Gasteiger charge is 2.38. The number of benzene rings is 1. The molecular formula is C22H30F3N5O3. The smallest absolute Gasteiger partial charge is 0.475 e. The van der Waals surface area contributed by atoms with Gasteiger partial charge in [0.25, 0.3) is 5.91 Å². The van der Waals surface area contributed by atoms with Gasteiger partial charge in [-0.15, -0.1) is 5.10 Å². The standard InChI is InChI=1S/C20H29N5O.C2HF3O2/c1-14-5-6-15(2)17(11-14)19(26)24-9-7-16(8-10-24)12-25-13-18(22-23-25)20(3,4)21;3-2(4,5)1(6)7/h5-6,11,13,16H,7-10,12,21H2,1-4H3;(H,6,7). The van der Waals surface area contributed by atoms with E-state index in [1.807, 2.05) is 61.7 Å². The van der Waals surface area contributed by atoms with E-state index in [1.54, 1.807) is 0 Å². The van der Waals surface area contributed by atoms with Crippen molar-refractivity contribution in [2.24, 2.45) is 11.7 Å². The lowest BCUT2D eigenvalue weighted by atomic mass is 9.95. The van der Waals surface area contributed by atoms with Crippen LogP contribution in [0.3, 0.4) is 0 Å². The molecule has 1 aliphatic rings. The van der Waals surface area contributed by atoms with E-state index in [0.29, 0.717) is 5.92 Å². The van der Waals surface area contributed by atoms with E-state index in [4.69, 9.17) is 15.6 Å². The number of rotatable bonds is 4. The third kappa shape index (κ3) is 7.55. The van der Waals surface area contributed by atoms with Crippen molar-refractivity contribution in [1.82, 2.24) is 19.9 Å². The first-order valence-corrected chi connectivity index (χ1v) is 10.5. The molecule has 1 fully saturated rings. The number of hydrogen-bond acceptors (Lipinski definition) is 5. The van der Waals surface area contributed by atoms with Gasteiger partial charge in [-0.25, -0.2) is 4.79 Å². The van der Waals surface area contributed by atoms with E-state index >= 15 is 0 Å². The molecule has 0 bridgehead atoms. The Kier molecular flexibility index (Phi) is 8.23. The van der Waals surface area contributed by atoms with E-state index in [1.165, 1.54) is 0 Å². The zero-order valence-corrected chi connectivity index (χ0v) is 19.2. The number of nitrogens with two attached hydrogens (primary N) is 1. The molecule has 0 unspecified atom stereocenters. The molecule has 0 aliphatic carbocycles. The van der Waals surface area contributed by atoms with Crippen LogP contribution in [0.4, 0.5) is 13.2 Å². The maximum absolute atomic E-state index is 12.8. The minimum absolute atomic E-state index is 0.151. The average Bonchev–Trinajstić information content (AvgIpc) is 3.19. The van der Waals surface area contributed by atoms with Crippen LogP contribution in [-0.2, 0) is 16.9 Å². The molecule has 1 amide bonds. The van der Waals surface area contributed by atoms with Gasteiger partial charge in [0.15, 0.2) is 0 Å². The number of aromatic nitrogens is 3. The molecule has 0 radical (unpaired) electrons. The van der Waals surface area contributed by atoms with E-state index in [-0.39, 0.29) is 5.91 Å². The van der Waals surface area contributed by atoms with Crippen LogP contribution in [0.15, 0.2) is 24.4 Å². The molecule has 2 aromatic rings.